The summed E-state index contributed by atoms with van der Waals surface area (Å²) >= 11 is 0. The topological polar surface area (TPSA) is 30.3 Å². The van der Waals surface area contributed by atoms with Crippen molar-refractivity contribution in [1.29, 1.82) is 5.26 Å². The Bertz CT molecular complexity index is 653. The van der Waals surface area contributed by atoms with Gasteiger partial charge in [-0.3, -0.25) is 9.80 Å². The monoisotopic (exact) mass is 327 g/mol. The van der Waals surface area contributed by atoms with Crippen LogP contribution in [-0.2, 0) is 0 Å². The zero-order chi connectivity index (χ0) is 16.9. The minimum Gasteiger partial charge on any atom is -0.290 e. The van der Waals surface area contributed by atoms with Crippen LogP contribution < -0.4 is 0 Å². The van der Waals surface area contributed by atoms with Gasteiger partial charge < -0.3 is 0 Å². The molecule has 1 aliphatic heterocycles. The van der Waals surface area contributed by atoms with Crippen molar-refractivity contribution in [2.24, 2.45) is 0 Å². The molecule has 0 atom stereocenters. The number of piperazine rings is 1. The fourth-order valence-electron chi connectivity index (χ4n) is 3.18. The standard InChI is InChI=1S/C19H19F2N3/c20-17-5-1-15(2-6-17)19(16-3-7-18(21)8-4-16)24-13-11-23(10-9-22)12-14-24/h1-8,19H,10-14H2. The molecule has 24 heavy (non-hydrogen) atoms. The Morgan fingerprint density at radius 2 is 1.29 bits per heavy atom. The summed E-state index contributed by atoms with van der Waals surface area (Å²) in [7, 11) is 0. The lowest BCUT2D eigenvalue weighted by Crippen LogP contribution is -2.47. The first-order valence-electron chi connectivity index (χ1n) is 8.01. The van der Waals surface area contributed by atoms with Crippen molar-refractivity contribution in [2.45, 2.75) is 6.04 Å². The molecule has 1 fully saturated rings. The quantitative estimate of drug-likeness (QED) is 0.808. The number of hydrogen-bond acceptors (Lipinski definition) is 3. The average molecular weight is 327 g/mol. The lowest BCUT2D eigenvalue weighted by atomic mass is 9.96. The molecule has 0 N–H and O–H groups in total. The Morgan fingerprint density at radius 1 is 0.833 bits per heavy atom. The van der Waals surface area contributed by atoms with Crippen LogP contribution in [0.4, 0.5) is 8.78 Å². The van der Waals surface area contributed by atoms with Crippen molar-refractivity contribution in [2.75, 3.05) is 32.7 Å². The van der Waals surface area contributed by atoms with Gasteiger partial charge in [0.15, 0.2) is 0 Å². The molecule has 3 rings (SSSR count). The van der Waals surface area contributed by atoms with Crippen LogP contribution in [-0.4, -0.2) is 42.5 Å². The first kappa shape index (κ1) is 16.6. The van der Waals surface area contributed by atoms with Gasteiger partial charge in [-0.1, -0.05) is 24.3 Å². The Balaban J connectivity index is 1.87. The number of hydrogen-bond donors (Lipinski definition) is 0. The number of nitrogens with zero attached hydrogens (tertiary/aromatic N) is 3. The smallest absolute Gasteiger partial charge is 0.123 e. The molecule has 0 unspecified atom stereocenters. The molecule has 0 bridgehead atoms. The van der Waals surface area contributed by atoms with Gasteiger partial charge >= 0.3 is 0 Å². The Hall–Kier alpha value is -2.29. The predicted octanol–water partition coefficient (Wildman–Crippen LogP) is 3.20. The normalized spacial score (nSPS) is 16.2. The number of nitriles is 1. The van der Waals surface area contributed by atoms with Crippen molar-refractivity contribution >= 4 is 0 Å². The molecule has 2 aromatic rings. The fourth-order valence-corrected chi connectivity index (χ4v) is 3.18. The summed E-state index contributed by atoms with van der Waals surface area (Å²) in [6.07, 6.45) is 0. The van der Waals surface area contributed by atoms with E-state index in [9.17, 15) is 8.78 Å². The maximum absolute atomic E-state index is 13.3. The Labute approximate surface area is 140 Å². The highest BCUT2D eigenvalue weighted by Gasteiger charge is 2.26. The molecular formula is C19H19F2N3. The second-order valence-electron chi connectivity index (χ2n) is 5.98. The maximum Gasteiger partial charge on any atom is 0.123 e. The fraction of sp³-hybridized carbons (Fsp3) is 0.316. The third-order valence-electron chi connectivity index (χ3n) is 4.44. The average Bonchev–Trinajstić information content (AvgIpc) is 2.60. The molecule has 0 spiro atoms. The maximum atomic E-state index is 13.3. The van der Waals surface area contributed by atoms with Crippen molar-refractivity contribution < 1.29 is 8.78 Å². The lowest BCUT2D eigenvalue weighted by Gasteiger charge is -2.39. The largest absolute Gasteiger partial charge is 0.290 e. The van der Waals surface area contributed by atoms with Gasteiger partial charge in [-0.25, -0.2) is 8.78 Å². The van der Waals surface area contributed by atoms with Crippen LogP contribution in [0.1, 0.15) is 17.2 Å². The van der Waals surface area contributed by atoms with Crippen LogP contribution in [0.25, 0.3) is 0 Å². The van der Waals surface area contributed by atoms with E-state index in [1.165, 1.54) is 24.3 Å². The van der Waals surface area contributed by atoms with E-state index in [4.69, 9.17) is 5.26 Å². The summed E-state index contributed by atoms with van der Waals surface area (Å²) in [6.45, 7) is 3.67. The molecule has 3 nitrogen and oxygen atoms in total. The molecule has 124 valence electrons. The highest BCUT2D eigenvalue weighted by molar-refractivity contribution is 5.32. The van der Waals surface area contributed by atoms with Crippen molar-refractivity contribution in [3.63, 3.8) is 0 Å². The number of benzene rings is 2. The van der Waals surface area contributed by atoms with Crippen LogP contribution in [0.3, 0.4) is 0 Å². The van der Waals surface area contributed by atoms with E-state index >= 15 is 0 Å². The summed E-state index contributed by atoms with van der Waals surface area (Å²) in [6, 6.07) is 15.1. The van der Waals surface area contributed by atoms with E-state index in [2.05, 4.69) is 15.9 Å². The second-order valence-corrected chi connectivity index (χ2v) is 5.98. The SMILES string of the molecule is N#CCN1CCN(C(c2ccc(F)cc2)c2ccc(F)cc2)CC1. The lowest BCUT2D eigenvalue weighted by molar-refractivity contribution is 0.118. The number of halogens is 2. The zero-order valence-electron chi connectivity index (χ0n) is 13.3. The molecule has 0 aromatic heterocycles. The molecule has 0 radical (unpaired) electrons. The minimum atomic E-state index is -0.268. The molecule has 0 aliphatic carbocycles. The van der Waals surface area contributed by atoms with Gasteiger partial charge in [-0.05, 0) is 35.4 Å². The first-order chi connectivity index (χ1) is 11.7. The summed E-state index contributed by atoms with van der Waals surface area (Å²) in [5, 5.41) is 8.83. The molecule has 1 saturated heterocycles. The van der Waals surface area contributed by atoms with E-state index in [1.807, 2.05) is 0 Å². The molecule has 0 amide bonds. The van der Waals surface area contributed by atoms with Gasteiger partial charge in [0.2, 0.25) is 0 Å². The molecule has 0 saturated carbocycles. The van der Waals surface area contributed by atoms with Gasteiger partial charge in [-0.2, -0.15) is 5.26 Å². The summed E-state index contributed by atoms with van der Waals surface area (Å²) in [5.41, 5.74) is 1.97. The van der Waals surface area contributed by atoms with Crippen molar-refractivity contribution in [3.8, 4) is 6.07 Å². The van der Waals surface area contributed by atoms with Gasteiger partial charge in [-0.15, -0.1) is 0 Å². The van der Waals surface area contributed by atoms with Crippen LogP contribution in [0.2, 0.25) is 0 Å². The van der Waals surface area contributed by atoms with E-state index in [0.29, 0.717) is 6.54 Å². The highest BCUT2D eigenvalue weighted by atomic mass is 19.1. The van der Waals surface area contributed by atoms with Gasteiger partial charge in [0.05, 0.1) is 18.7 Å². The van der Waals surface area contributed by atoms with E-state index < -0.39 is 0 Å². The summed E-state index contributed by atoms with van der Waals surface area (Å²) < 4.78 is 26.6. The molecular weight excluding hydrogens is 308 g/mol. The summed E-state index contributed by atoms with van der Waals surface area (Å²) in [5.74, 6) is -0.536. The van der Waals surface area contributed by atoms with Crippen molar-refractivity contribution in [1.82, 2.24) is 9.80 Å². The molecule has 1 heterocycles. The van der Waals surface area contributed by atoms with Crippen LogP contribution >= 0.6 is 0 Å². The molecule has 1 aliphatic rings. The van der Waals surface area contributed by atoms with Crippen molar-refractivity contribution in [3.05, 3.63) is 71.3 Å². The van der Waals surface area contributed by atoms with Gasteiger partial charge in [0, 0.05) is 26.2 Å². The molecule has 5 heteroatoms. The summed E-state index contributed by atoms with van der Waals surface area (Å²) in [4.78, 5) is 4.41. The third kappa shape index (κ3) is 3.78. The van der Waals surface area contributed by atoms with Crippen LogP contribution in [0.15, 0.2) is 48.5 Å². The van der Waals surface area contributed by atoms with Crippen LogP contribution in [0, 0.1) is 23.0 Å². The van der Waals surface area contributed by atoms with Gasteiger partial charge in [0.1, 0.15) is 11.6 Å². The number of rotatable bonds is 4. The minimum absolute atomic E-state index is 0.0459. The molecule has 2 aromatic carbocycles. The predicted molar refractivity (Wildman–Crippen MR) is 88.3 cm³/mol. The van der Waals surface area contributed by atoms with E-state index in [-0.39, 0.29) is 17.7 Å². The van der Waals surface area contributed by atoms with Crippen LogP contribution in [0.5, 0.6) is 0 Å². The Morgan fingerprint density at radius 3 is 1.71 bits per heavy atom. The third-order valence-corrected chi connectivity index (χ3v) is 4.44. The van der Waals surface area contributed by atoms with Gasteiger partial charge in [0.25, 0.3) is 0 Å². The second kappa shape index (κ2) is 7.52. The van der Waals surface area contributed by atoms with E-state index in [1.54, 1.807) is 24.3 Å². The van der Waals surface area contributed by atoms with E-state index in [0.717, 1.165) is 37.3 Å². The Kier molecular flexibility index (Phi) is 5.19. The first-order valence-corrected chi connectivity index (χ1v) is 8.01. The zero-order valence-corrected chi connectivity index (χ0v) is 13.3. The highest BCUT2D eigenvalue weighted by Crippen LogP contribution is 2.30.